The molecule has 2 aromatic carbocycles. The standard InChI is InChI=1S/C17H19Cl2NO/c1-3-20-16(10-12-6-4-5-7-15(12)19)14-11-13(18)8-9-17(14)21-2/h4-9,11,16,20H,3,10H2,1-2H3. The second-order valence-electron chi connectivity index (χ2n) is 4.79. The highest BCUT2D eigenvalue weighted by Gasteiger charge is 2.17. The molecule has 4 heteroatoms. The Balaban J connectivity index is 2.35. The van der Waals surface area contributed by atoms with E-state index in [4.69, 9.17) is 27.9 Å². The van der Waals surface area contributed by atoms with Crippen LogP contribution in [-0.2, 0) is 6.42 Å². The zero-order valence-electron chi connectivity index (χ0n) is 12.2. The Kier molecular flexibility index (Phi) is 5.92. The van der Waals surface area contributed by atoms with Gasteiger partial charge in [0.15, 0.2) is 0 Å². The summed E-state index contributed by atoms with van der Waals surface area (Å²) in [7, 11) is 1.67. The molecule has 0 aromatic heterocycles. The van der Waals surface area contributed by atoms with Gasteiger partial charge in [0.2, 0.25) is 0 Å². The summed E-state index contributed by atoms with van der Waals surface area (Å²) in [6, 6.07) is 13.7. The number of methoxy groups -OCH3 is 1. The molecule has 21 heavy (non-hydrogen) atoms. The van der Waals surface area contributed by atoms with Crippen LogP contribution < -0.4 is 10.1 Å². The van der Waals surface area contributed by atoms with E-state index in [-0.39, 0.29) is 6.04 Å². The highest BCUT2D eigenvalue weighted by atomic mass is 35.5. The van der Waals surface area contributed by atoms with Crippen molar-refractivity contribution in [3.05, 3.63) is 63.6 Å². The molecule has 1 N–H and O–H groups in total. The number of rotatable bonds is 6. The summed E-state index contributed by atoms with van der Waals surface area (Å²) in [5.41, 5.74) is 2.15. The van der Waals surface area contributed by atoms with Crippen LogP contribution in [0.4, 0.5) is 0 Å². The zero-order chi connectivity index (χ0) is 15.2. The quantitative estimate of drug-likeness (QED) is 0.816. The Hall–Kier alpha value is -1.22. The fourth-order valence-corrected chi connectivity index (χ4v) is 2.79. The molecule has 0 saturated carbocycles. The van der Waals surface area contributed by atoms with Gasteiger partial charge in [0.25, 0.3) is 0 Å². The summed E-state index contributed by atoms with van der Waals surface area (Å²) < 4.78 is 5.46. The smallest absolute Gasteiger partial charge is 0.123 e. The molecule has 112 valence electrons. The molecule has 0 aliphatic heterocycles. The molecule has 0 fully saturated rings. The highest BCUT2D eigenvalue weighted by molar-refractivity contribution is 6.31. The van der Waals surface area contributed by atoms with Crippen LogP contribution >= 0.6 is 23.2 Å². The minimum atomic E-state index is 0.101. The lowest BCUT2D eigenvalue weighted by atomic mass is 9.98. The van der Waals surface area contributed by atoms with Gasteiger partial charge in [-0.25, -0.2) is 0 Å². The third-order valence-corrected chi connectivity index (χ3v) is 4.00. The molecule has 1 unspecified atom stereocenters. The van der Waals surface area contributed by atoms with Crippen LogP contribution in [0.3, 0.4) is 0 Å². The molecule has 0 saturated heterocycles. The van der Waals surface area contributed by atoms with Crippen LogP contribution in [-0.4, -0.2) is 13.7 Å². The topological polar surface area (TPSA) is 21.3 Å². The van der Waals surface area contributed by atoms with E-state index in [0.717, 1.165) is 34.9 Å². The number of likely N-dealkylation sites (N-methyl/N-ethyl adjacent to an activating group) is 1. The molecule has 0 aliphatic rings. The first-order valence-electron chi connectivity index (χ1n) is 6.96. The maximum absolute atomic E-state index is 6.28. The minimum absolute atomic E-state index is 0.101. The van der Waals surface area contributed by atoms with Crippen molar-refractivity contribution < 1.29 is 4.74 Å². The molecular formula is C17H19Cl2NO. The van der Waals surface area contributed by atoms with Crippen molar-refractivity contribution in [2.45, 2.75) is 19.4 Å². The van der Waals surface area contributed by atoms with Crippen molar-refractivity contribution in [3.8, 4) is 5.75 Å². The van der Waals surface area contributed by atoms with Crippen molar-refractivity contribution in [2.24, 2.45) is 0 Å². The monoisotopic (exact) mass is 323 g/mol. The summed E-state index contributed by atoms with van der Waals surface area (Å²) in [5, 5.41) is 4.96. The summed E-state index contributed by atoms with van der Waals surface area (Å²) in [5.74, 6) is 0.831. The zero-order valence-corrected chi connectivity index (χ0v) is 13.7. The van der Waals surface area contributed by atoms with E-state index in [1.807, 2.05) is 42.5 Å². The Bertz CT molecular complexity index is 601. The maximum Gasteiger partial charge on any atom is 0.123 e. The van der Waals surface area contributed by atoms with Crippen LogP contribution in [0.1, 0.15) is 24.1 Å². The Morgan fingerprint density at radius 1 is 1.14 bits per heavy atom. The second-order valence-corrected chi connectivity index (χ2v) is 5.64. The number of ether oxygens (including phenoxy) is 1. The van der Waals surface area contributed by atoms with Crippen molar-refractivity contribution in [2.75, 3.05) is 13.7 Å². The van der Waals surface area contributed by atoms with E-state index in [1.54, 1.807) is 7.11 Å². The normalized spacial score (nSPS) is 12.2. The summed E-state index contributed by atoms with van der Waals surface area (Å²) in [6.45, 7) is 2.93. The van der Waals surface area contributed by atoms with Crippen molar-refractivity contribution in [3.63, 3.8) is 0 Å². The van der Waals surface area contributed by atoms with Gasteiger partial charge in [0, 0.05) is 21.7 Å². The molecule has 2 nitrogen and oxygen atoms in total. The van der Waals surface area contributed by atoms with E-state index in [9.17, 15) is 0 Å². The average molecular weight is 324 g/mol. The molecule has 0 heterocycles. The first-order valence-corrected chi connectivity index (χ1v) is 7.71. The van der Waals surface area contributed by atoms with Gasteiger partial charge in [-0.3, -0.25) is 0 Å². The molecule has 0 aliphatic carbocycles. The molecule has 2 aromatic rings. The van der Waals surface area contributed by atoms with Gasteiger partial charge >= 0.3 is 0 Å². The van der Waals surface area contributed by atoms with Gasteiger partial charge in [0.05, 0.1) is 7.11 Å². The van der Waals surface area contributed by atoms with Crippen LogP contribution in [0.2, 0.25) is 10.0 Å². The lowest BCUT2D eigenvalue weighted by Crippen LogP contribution is -2.23. The highest BCUT2D eigenvalue weighted by Crippen LogP contribution is 2.31. The largest absolute Gasteiger partial charge is 0.496 e. The van der Waals surface area contributed by atoms with Gasteiger partial charge < -0.3 is 10.1 Å². The fraction of sp³-hybridized carbons (Fsp3) is 0.294. The number of halogens is 2. The van der Waals surface area contributed by atoms with Crippen LogP contribution in [0.15, 0.2) is 42.5 Å². The van der Waals surface area contributed by atoms with Crippen molar-refractivity contribution >= 4 is 23.2 Å². The fourth-order valence-electron chi connectivity index (χ4n) is 2.40. The van der Waals surface area contributed by atoms with Gasteiger partial charge in [-0.1, -0.05) is 48.3 Å². The molecular weight excluding hydrogens is 305 g/mol. The number of benzene rings is 2. The average Bonchev–Trinajstić information content (AvgIpc) is 2.49. The molecule has 2 rings (SSSR count). The summed E-state index contributed by atoms with van der Waals surface area (Å²) >= 11 is 12.4. The van der Waals surface area contributed by atoms with Gasteiger partial charge in [0.1, 0.15) is 5.75 Å². The summed E-state index contributed by atoms with van der Waals surface area (Å²) in [6.07, 6.45) is 0.782. The lowest BCUT2D eigenvalue weighted by Gasteiger charge is -2.21. The molecule has 0 bridgehead atoms. The predicted octanol–water partition coefficient (Wildman–Crippen LogP) is 4.90. The number of hydrogen-bond donors (Lipinski definition) is 1. The van der Waals surface area contributed by atoms with Crippen molar-refractivity contribution in [1.82, 2.24) is 5.32 Å². The summed E-state index contributed by atoms with van der Waals surface area (Å²) in [4.78, 5) is 0. The first-order chi connectivity index (χ1) is 10.2. The van der Waals surface area contributed by atoms with E-state index in [0.29, 0.717) is 5.02 Å². The van der Waals surface area contributed by atoms with E-state index < -0.39 is 0 Å². The van der Waals surface area contributed by atoms with E-state index >= 15 is 0 Å². The van der Waals surface area contributed by atoms with Gasteiger partial charge in [-0.15, -0.1) is 0 Å². The van der Waals surface area contributed by atoms with E-state index in [1.165, 1.54) is 0 Å². The van der Waals surface area contributed by atoms with Gasteiger partial charge in [-0.05, 0) is 42.8 Å². The number of hydrogen-bond acceptors (Lipinski definition) is 2. The Labute approximate surface area is 136 Å². The lowest BCUT2D eigenvalue weighted by molar-refractivity contribution is 0.399. The molecule has 0 radical (unpaired) electrons. The molecule has 1 atom stereocenters. The van der Waals surface area contributed by atoms with Crippen LogP contribution in [0, 0.1) is 0 Å². The van der Waals surface area contributed by atoms with Gasteiger partial charge in [-0.2, -0.15) is 0 Å². The predicted molar refractivity (Wildman–Crippen MR) is 89.6 cm³/mol. The third kappa shape index (κ3) is 4.13. The van der Waals surface area contributed by atoms with Crippen LogP contribution in [0.25, 0.3) is 0 Å². The minimum Gasteiger partial charge on any atom is -0.496 e. The Morgan fingerprint density at radius 2 is 1.90 bits per heavy atom. The maximum atomic E-state index is 6.28. The molecule has 0 amide bonds. The third-order valence-electron chi connectivity index (χ3n) is 3.40. The number of nitrogens with one attached hydrogen (secondary N) is 1. The first kappa shape index (κ1) is 16.2. The van der Waals surface area contributed by atoms with Crippen molar-refractivity contribution in [1.29, 1.82) is 0 Å². The van der Waals surface area contributed by atoms with E-state index in [2.05, 4.69) is 12.2 Å². The molecule has 0 spiro atoms. The SMILES string of the molecule is CCNC(Cc1ccccc1Cl)c1cc(Cl)ccc1OC. The second kappa shape index (κ2) is 7.69. The Morgan fingerprint density at radius 3 is 2.57 bits per heavy atom. The van der Waals surface area contributed by atoms with Crippen LogP contribution in [0.5, 0.6) is 5.75 Å².